The molecule has 5 heteroatoms. The molecule has 2 aliphatic rings. The molecule has 2 aromatic heterocycles. The maximum absolute atomic E-state index is 11.7. The van der Waals surface area contributed by atoms with Gasteiger partial charge in [-0.3, -0.25) is 9.78 Å². The average molecular weight is 782 g/mol. The predicted molar refractivity (Wildman–Crippen MR) is 183 cm³/mol. The van der Waals surface area contributed by atoms with Gasteiger partial charge in [-0.1, -0.05) is 96.3 Å². The molecule has 2 aliphatic carbocycles. The third-order valence-electron chi connectivity index (χ3n) is 10.1. The SMILES string of the molecule is CC(C)(C)c1cc2c3c(nccc3n1)-c1[c-]cc3ccccc3c1C21CCCC1.CCC(CC)C(=O)/C=C(\O)C(CC)CC.[Ir]. The van der Waals surface area contributed by atoms with Crippen LogP contribution < -0.4 is 0 Å². The van der Waals surface area contributed by atoms with Crippen LogP contribution in [0, 0.1) is 17.9 Å². The zero-order valence-electron chi connectivity index (χ0n) is 28.1. The number of aromatic nitrogens is 2. The van der Waals surface area contributed by atoms with Crippen molar-refractivity contribution in [3.05, 3.63) is 83.4 Å². The molecule has 4 nitrogen and oxygen atoms in total. The Labute approximate surface area is 283 Å². The first-order valence-electron chi connectivity index (χ1n) is 16.8. The van der Waals surface area contributed by atoms with E-state index >= 15 is 0 Å². The van der Waals surface area contributed by atoms with E-state index in [-0.39, 0.29) is 54.3 Å². The molecule has 0 unspecified atom stereocenters. The van der Waals surface area contributed by atoms with Gasteiger partial charge in [-0.2, -0.15) is 0 Å². The van der Waals surface area contributed by atoms with Crippen LogP contribution in [-0.2, 0) is 35.7 Å². The number of nitrogens with zero attached hydrogens (tertiary/aromatic N) is 2. The fraction of sp³-hybridized carbons (Fsp3) is 0.475. The summed E-state index contributed by atoms with van der Waals surface area (Å²) in [5, 5.41) is 13.6. The number of aliphatic hydroxyl groups is 1. The topological polar surface area (TPSA) is 63.1 Å². The van der Waals surface area contributed by atoms with E-state index in [0.29, 0.717) is 0 Å². The van der Waals surface area contributed by atoms with Crippen LogP contribution in [0.2, 0.25) is 0 Å². The van der Waals surface area contributed by atoms with Gasteiger partial charge in [0.2, 0.25) is 0 Å². The van der Waals surface area contributed by atoms with Crippen molar-refractivity contribution in [2.24, 2.45) is 11.8 Å². The van der Waals surface area contributed by atoms with Crippen LogP contribution in [0.3, 0.4) is 0 Å². The fourth-order valence-corrected chi connectivity index (χ4v) is 7.44. The standard InChI is InChI=1S/C27H25N2.C13H24O2.Ir/c1-26(2,3)22-16-20-23-21(29-22)12-15-28-25(23)19-11-10-17-8-4-5-9-18(17)24(19)27(20)13-6-7-14-27;1-5-10(6-2)12(14)9-13(15)11(7-3)8-4;/h4-5,8-10,12,15-16H,6-7,13-14H2,1-3H3;9-11,14H,5-8H2,1-4H3;/q-1;;/b;12-9-;. The maximum atomic E-state index is 11.7. The number of hydrogen-bond acceptors (Lipinski definition) is 4. The summed E-state index contributed by atoms with van der Waals surface area (Å²) >= 11 is 0. The van der Waals surface area contributed by atoms with Crippen molar-refractivity contribution in [1.82, 2.24) is 9.97 Å². The van der Waals surface area contributed by atoms with Crippen molar-refractivity contribution in [2.75, 3.05) is 0 Å². The number of pyridine rings is 2. The molecule has 2 aromatic carbocycles. The molecule has 45 heavy (non-hydrogen) atoms. The normalized spacial score (nSPS) is 15.3. The number of benzene rings is 2. The third-order valence-corrected chi connectivity index (χ3v) is 10.1. The summed E-state index contributed by atoms with van der Waals surface area (Å²) in [6.07, 6.45) is 11.8. The molecule has 0 amide bonds. The Bertz CT molecular complexity index is 1690. The van der Waals surface area contributed by atoms with Gasteiger partial charge in [0.15, 0.2) is 5.78 Å². The second-order valence-corrected chi connectivity index (χ2v) is 13.8. The van der Waals surface area contributed by atoms with Gasteiger partial charge >= 0.3 is 0 Å². The quantitative estimate of drug-likeness (QED) is 0.115. The molecule has 241 valence electrons. The van der Waals surface area contributed by atoms with Crippen molar-refractivity contribution in [2.45, 2.75) is 111 Å². The molecule has 0 saturated heterocycles. The van der Waals surface area contributed by atoms with Crippen LogP contribution >= 0.6 is 0 Å². The van der Waals surface area contributed by atoms with Gasteiger partial charge in [0.1, 0.15) is 0 Å². The number of aliphatic hydroxyl groups excluding tert-OH is 1. The third kappa shape index (κ3) is 6.54. The van der Waals surface area contributed by atoms with Gasteiger partial charge in [0.25, 0.3) is 0 Å². The molecule has 2 heterocycles. The number of carbonyl (C=O) groups excluding carboxylic acids is 1. The van der Waals surface area contributed by atoms with E-state index in [9.17, 15) is 9.90 Å². The van der Waals surface area contributed by atoms with Gasteiger partial charge in [-0.15, -0.1) is 23.3 Å². The van der Waals surface area contributed by atoms with E-state index in [1.54, 1.807) is 0 Å². The van der Waals surface area contributed by atoms with Crippen molar-refractivity contribution in [1.29, 1.82) is 0 Å². The van der Waals surface area contributed by atoms with E-state index in [0.717, 1.165) is 36.9 Å². The van der Waals surface area contributed by atoms with Gasteiger partial charge < -0.3 is 10.1 Å². The summed E-state index contributed by atoms with van der Waals surface area (Å²) in [6.45, 7) is 14.9. The van der Waals surface area contributed by atoms with Gasteiger partial charge in [-0.05, 0) is 72.7 Å². The number of ketones is 1. The Kier molecular flexibility index (Phi) is 11.1. The first-order chi connectivity index (χ1) is 21.1. The number of rotatable bonds is 7. The van der Waals surface area contributed by atoms with E-state index < -0.39 is 0 Å². The zero-order valence-corrected chi connectivity index (χ0v) is 30.5. The number of hydrogen-bond donors (Lipinski definition) is 1. The molecule has 1 spiro atoms. The van der Waals surface area contributed by atoms with E-state index in [1.165, 1.54) is 70.3 Å². The van der Waals surface area contributed by atoms with E-state index in [4.69, 9.17) is 9.97 Å². The van der Waals surface area contributed by atoms with Crippen LogP contribution in [0.25, 0.3) is 32.9 Å². The molecular formula is C40H49IrN2O2-. The molecule has 0 atom stereocenters. The van der Waals surface area contributed by atoms with Crippen LogP contribution in [-0.4, -0.2) is 20.9 Å². The van der Waals surface area contributed by atoms with Crippen LogP contribution in [0.5, 0.6) is 0 Å². The first-order valence-corrected chi connectivity index (χ1v) is 16.8. The Hall–Kier alpha value is -2.88. The molecule has 6 rings (SSSR count). The van der Waals surface area contributed by atoms with Crippen LogP contribution in [0.4, 0.5) is 0 Å². The summed E-state index contributed by atoms with van der Waals surface area (Å²) in [5.74, 6) is 0.547. The monoisotopic (exact) mass is 782 g/mol. The smallest absolute Gasteiger partial charge is 0.162 e. The molecule has 1 radical (unpaired) electrons. The molecule has 1 fully saturated rings. The number of allylic oxidation sites excluding steroid dienone is 2. The maximum Gasteiger partial charge on any atom is 0.162 e. The van der Waals surface area contributed by atoms with Crippen molar-refractivity contribution < 1.29 is 30.0 Å². The molecule has 1 N–H and O–H groups in total. The first kappa shape index (κ1) is 35.0. The Balaban J connectivity index is 0.000000249. The Morgan fingerprint density at radius 2 is 1.64 bits per heavy atom. The molecule has 4 aromatic rings. The second-order valence-electron chi connectivity index (χ2n) is 13.8. The molecule has 1 saturated carbocycles. The summed E-state index contributed by atoms with van der Waals surface area (Å²) in [6, 6.07) is 19.1. The molecular weight excluding hydrogens is 733 g/mol. The predicted octanol–water partition coefficient (Wildman–Crippen LogP) is 10.6. The van der Waals surface area contributed by atoms with E-state index in [1.807, 2.05) is 33.9 Å². The largest absolute Gasteiger partial charge is 0.512 e. The zero-order chi connectivity index (χ0) is 31.6. The second kappa shape index (κ2) is 14.3. The van der Waals surface area contributed by atoms with Crippen molar-refractivity contribution in [3.63, 3.8) is 0 Å². The minimum absolute atomic E-state index is 0. The minimum atomic E-state index is 0. The average Bonchev–Trinajstić information content (AvgIpc) is 3.50. The summed E-state index contributed by atoms with van der Waals surface area (Å²) in [4.78, 5) is 21.7. The Morgan fingerprint density at radius 3 is 2.27 bits per heavy atom. The van der Waals surface area contributed by atoms with Gasteiger partial charge in [-0.25, -0.2) is 0 Å². The van der Waals surface area contributed by atoms with Gasteiger partial charge in [0.05, 0.1) is 11.3 Å². The Morgan fingerprint density at radius 1 is 1.00 bits per heavy atom. The fourth-order valence-electron chi connectivity index (χ4n) is 7.44. The summed E-state index contributed by atoms with van der Waals surface area (Å²) < 4.78 is 0. The van der Waals surface area contributed by atoms with Gasteiger partial charge in [0, 0.05) is 55.3 Å². The number of fused-ring (bicyclic) bond motifs is 6. The summed E-state index contributed by atoms with van der Waals surface area (Å²) in [7, 11) is 0. The number of carbonyl (C=O) groups is 1. The molecule has 0 aliphatic heterocycles. The van der Waals surface area contributed by atoms with Crippen molar-refractivity contribution >= 4 is 27.5 Å². The van der Waals surface area contributed by atoms with Crippen LogP contribution in [0.15, 0.2) is 60.5 Å². The minimum Gasteiger partial charge on any atom is -0.512 e. The van der Waals surface area contributed by atoms with Crippen LogP contribution in [0.1, 0.15) is 117 Å². The van der Waals surface area contributed by atoms with Crippen molar-refractivity contribution in [3.8, 4) is 11.3 Å². The van der Waals surface area contributed by atoms with E-state index in [2.05, 4.69) is 69.3 Å². The summed E-state index contributed by atoms with van der Waals surface area (Å²) in [5.41, 5.74) is 7.46. The molecule has 0 bridgehead atoms.